The number of hydrogen-bond donors (Lipinski definition) is 5. The largest absolute Gasteiger partial charge is 0.505 e. The van der Waals surface area contributed by atoms with Crippen molar-refractivity contribution in [2.24, 2.45) is 20.5 Å². The lowest BCUT2D eigenvalue weighted by Gasteiger charge is -2.11. The zero-order valence-electron chi connectivity index (χ0n) is 20.8. The van der Waals surface area contributed by atoms with Gasteiger partial charge in [-0.25, -0.2) is 4.79 Å². The molecule has 20 heteroatoms. The van der Waals surface area contributed by atoms with E-state index >= 15 is 0 Å². The third-order valence-electron chi connectivity index (χ3n) is 5.54. The molecule has 0 aliphatic carbocycles. The van der Waals surface area contributed by atoms with Crippen LogP contribution < -0.4 is 0 Å². The molecule has 0 aromatic heterocycles. The fourth-order valence-corrected chi connectivity index (χ4v) is 5.76. The van der Waals surface area contributed by atoms with E-state index in [1.54, 1.807) is 0 Å². The SMILES string of the molecule is O=C(O)c1cc(N=Nc2ccc(S(=O)(=O)O)cc2)ccc1N=Nc1c(S(=O)(=O)O)cc2cc(S(=O)(=O)O)c(Cl)cc2c1O. The fourth-order valence-electron chi connectivity index (χ4n) is 3.59. The van der Waals surface area contributed by atoms with Crippen molar-refractivity contribution in [3.8, 4) is 5.75 Å². The number of hydrogen-bond acceptors (Lipinski definition) is 12. The molecule has 0 unspecified atom stereocenters. The number of benzene rings is 4. The van der Waals surface area contributed by atoms with E-state index in [9.17, 15) is 49.4 Å². The van der Waals surface area contributed by atoms with Gasteiger partial charge in [-0.15, -0.1) is 10.2 Å². The Morgan fingerprint density at radius 1 is 0.674 bits per heavy atom. The number of carboxylic acids is 1. The molecule has 0 saturated carbocycles. The summed E-state index contributed by atoms with van der Waals surface area (Å²) in [4.78, 5) is 9.66. The van der Waals surface area contributed by atoms with Crippen molar-refractivity contribution >= 4 is 81.4 Å². The highest BCUT2D eigenvalue weighted by Gasteiger charge is 2.25. The summed E-state index contributed by atoms with van der Waals surface area (Å²) in [6.07, 6.45) is 0. The monoisotopic (exact) mass is 670 g/mol. The number of phenols is 1. The minimum atomic E-state index is -5.14. The van der Waals surface area contributed by atoms with Crippen LogP contribution in [0.4, 0.5) is 22.7 Å². The highest BCUT2D eigenvalue weighted by Crippen LogP contribution is 2.43. The number of rotatable bonds is 8. The van der Waals surface area contributed by atoms with Crippen LogP contribution in [0.3, 0.4) is 0 Å². The van der Waals surface area contributed by atoms with E-state index in [-0.39, 0.29) is 32.7 Å². The molecule has 16 nitrogen and oxygen atoms in total. The van der Waals surface area contributed by atoms with E-state index in [1.165, 1.54) is 18.2 Å². The first kappa shape index (κ1) is 31.6. The number of carboxylic acid groups (broad SMARTS) is 1. The van der Waals surface area contributed by atoms with Crippen LogP contribution in [-0.2, 0) is 30.4 Å². The van der Waals surface area contributed by atoms with Crippen LogP contribution in [0.1, 0.15) is 10.4 Å². The van der Waals surface area contributed by atoms with E-state index in [0.717, 1.165) is 42.5 Å². The zero-order valence-corrected chi connectivity index (χ0v) is 24.0. The fraction of sp³-hybridized carbons (Fsp3) is 0. The van der Waals surface area contributed by atoms with Gasteiger partial charge in [0.15, 0.2) is 5.75 Å². The minimum absolute atomic E-state index is 0.00772. The Hall–Kier alpha value is -4.37. The normalized spacial score (nSPS) is 12.8. The van der Waals surface area contributed by atoms with Crippen molar-refractivity contribution < 1.29 is 53.9 Å². The van der Waals surface area contributed by atoms with E-state index < -0.39 is 68.1 Å². The van der Waals surface area contributed by atoms with Gasteiger partial charge in [-0.2, -0.15) is 35.5 Å². The van der Waals surface area contributed by atoms with Crippen molar-refractivity contribution in [2.75, 3.05) is 0 Å². The third kappa shape index (κ3) is 7.00. The van der Waals surface area contributed by atoms with E-state index in [4.69, 9.17) is 16.2 Å². The molecule has 4 rings (SSSR count). The molecule has 0 aliphatic rings. The maximum atomic E-state index is 12.1. The first-order chi connectivity index (χ1) is 19.9. The molecule has 4 aromatic carbocycles. The van der Waals surface area contributed by atoms with Gasteiger partial charge in [0.05, 0.1) is 26.9 Å². The second-order valence-corrected chi connectivity index (χ2v) is 13.0. The van der Waals surface area contributed by atoms with Crippen LogP contribution in [0.2, 0.25) is 5.02 Å². The molecule has 43 heavy (non-hydrogen) atoms. The molecule has 4 aromatic rings. The Labute approximate surface area is 246 Å². The highest BCUT2D eigenvalue weighted by molar-refractivity contribution is 7.86. The van der Waals surface area contributed by atoms with Gasteiger partial charge < -0.3 is 10.2 Å². The standard InChI is InChI=1S/C23H15ClN4O12S3/c24-17-10-15-11(7-19(17)42(35,36)37)8-20(43(38,39)40)21(22(15)29)28-27-18-6-3-13(9-16(18)23(30)31)26-25-12-1-4-14(5-2-12)41(32,33)34/h1-10,29H,(H,30,31)(H,32,33,34)(H,35,36,37)(H,38,39,40). The van der Waals surface area contributed by atoms with Gasteiger partial charge in [-0.1, -0.05) is 11.6 Å². The Morgan fingerprint density at radius 3 is 1.79 bits per heavy atom. The van der Waals surface area contributed by atoms with Crippen LogP contribution in [-0.4, -0.2) is 55.1 Å². The number of azo groups is 2. The average Bonchev–Trinajstić information content (AvgIpc) is 2.90. The predicted molar refractivity (Wildman–Crippen MR) is 148 cm³/mol. The maximum Gasteiger partial charge on any atom is 0.338 e. The van der Waals surface area contributed by atoms with Gasteiger partial charge in [0.25, 0.3) is 30.4 Å². The summed E-state index contributed by atoms with van der Waals surface area (Å²) < 4.78 is 97.7. The van der Waals surface area contributed by atoms with Crippen LogP contribution in [0.15, 0.2) is 95.8 Å². The van der Waals surface area contributed by atoms with Crippen molar-refractivity contribution in [3.63, 3.8) is 0 Å². The van der Waals surface area contributed by atoms with Gasteiger partial charge in [0.2, 0.25) is 0 Å². The summed E-state index contributed by atoms with van der Waals surface area (Å²) in [5.41, 5.74) is -1.56. The number of halogens is 1. The smallest absolute Gasteiger partial charge is 0.338 e. The number of aromatic carboxylic acids is 1. The summed E-state index contributed by atoms with van der Waals surface area (Å²) in [5, 5.41) is 34.4. The molecule has 0 atom stereocenters. The van der Waals surface area contributed by atoms with Crippen molar-refractivity contribution in [2.45, 2.75) is 14.7 Å². The molecule has 0 spiro atoms. The van der Waals surface area contributed by atoms with E-state index in [0.29, 0.717) is 0 Å². The Balaban J connectivity index is 1.77. The van der Waals surface area contributed by atoms with Gasteiger partial charge in [0, 0.05) is 5.39 Å². The van der Waals surface area contributed by atoms with Crippen LogP contribution in [0.5, 0.6) is 5.75 Å². The topological polar surface area (TPSA) is 270 Å². The lowest BCUT2D eigenvalue weighted by atomic mass is 10.1. The molecular weight excluding hydrogens is 656 g/mol. The van der Waals surface area contributed by atoms with Crippen LogP contribution >= 0.6 is 11.6 Å². The molecule has 0 amide bonds. The molecule has 0 aliphatic heterocycles. The van der Waals surface area contributed by atoms with E-state index in [1.807, 2.05) is 0 Å². The summed E-state index contributed by atoms with van der Waals surface area (Å²) in [5.74, 6) is -2.45. The molecular formula is C23H15ClN4O12S3. The van der Waals surface area contributed by atoms with Gasteiger partial charge >= 0.3 is 5.97 Å². The quantitative estimate of drug-likeness (QED) is 0.115. The molecule has 0 saturated heterocycles. The number of nitrogens with zero attached hydrogens (tertiary/aromatic N) is 4. The molecule has 0 fully saturated rings. The third-order valence-corrected chi connectivity index (χ3v) is 8.60. The first-order valence-corrected chi connectivity index (χ1v) is 15.8. The molecule has 224 valence electrons. The summed E-state index contributed by atoms with van der Waals surface area (Å²) in [7, 11) is -14.4. The van der Waals surface area contributed by atoms with Crippen molar-refractivity contribution in [3.05, 3.63) is 71.2 Å². The van der Waals surface area contributed by atoms with Gasteiger partial charge in [0.1, 0.15) is 21.2 Å². The van der Waals surface area contributed by atoms with Crippen LogP contribution in [0.25, 0.3) is 10.8 Å². The summed E-state index contributed by atoms with van der Waals surface area (Å²) in [6.45, 7) is 0. The van der Waals surface area contributed by atoms with Crippen molar-refractivity contribution in [1.29, 1.82) is 0 Å². The highest BCUT2D eigenvalue weighted by atomic mass is 35.5. The minimum Gasteiger partial charge on any atom is -0.505 e. The number of carbonyl (C=O) groups is 1. The second-order valence-electron chi connectivity index (χ2n) is 8.40. The Kier molecular flexibility index (Phi) is 8.35. The second kappa shape index (κ2) is 11.4. The molecule has 0 bridgehead atoms. The lowest BCUT2D eigenvalue weighted by Crippen LogP contribution is -2.01. The Morgan fingerprint density at radius 2 is 1.23 bits per heavy atom. The molecule has 0 heterocycles. The lowest BCUT2D eigenvalue weighted by molar-refractivity contribution is 0.0697. The van der Waals surface area contributed by atoms with Gasteiger partial charge in [-0.05, 0) is 66.0 Å². The number of aromatic hydroxyl groups is 1. The van der Waals surface area contributed by atoms with Crippen molar-refractivity contribution in [1.82, 2.24) is 0 Å². The Bertz CT molecular complexity index is 2200. The maximum absolute atomic E-state index is 12.1. The predicted octanol–water partition coefficient (Wildman–Crippen LogP) is 5.47. The molecule has 5 N–H and O–H groups in total. The number of phenolic OH excluding ortho intramolecular Hbond substituents is 1. The first-order valence-electron chi connectivity index (χ1n) is 11.1. The van der Waals surface area contributed by atoms with Gasteiger partial charge in [-0.3, -0.25) is 13.7 Å². The van der Waals surface area contributed by atoms with Crippen LogP contribution in [0, 0.1) is 0 Å². The zero-order chi connectivity index (χ0) is 31.9. The average molecular weight is 671 g/mol. The molecule has 0 radical (unpaired) electrons. The summed E-state index contributed by atoms with van der Waals surface area (Å²) >= 11 is 5.89. The number of fused-ring (bicyclic) bond motifs is 1. The summed E-state index contributed by atoms with van der Waals surface area (Å²) in [6, 6.07) is 10.4. The van der Waals surface area contributed by atoms with E-state index in [2.05, 4.69) is 20.5 Å².